The van der Waals surface area contributed by atoms with E-state index in [1.165, 1.54) is 0 Å². The van der Waals surface area contributed by atoms with Gasteiger partial charge in [0.05, 0.1) is 0 Å². The van der Waals surface area contributed by atoms with Gasteiger partial charge in [-0.15, -0.1) is 0 Å². The third kappa shape index (κ3) is 4.09. The van der Waals surface area contributed by atoms with E-state index in [9.17, 15) is 15.0 Å². The van der Waals surface area contributed by atoms with Crippen LogP contribution >= 0.6 is 0 Å². The van der Waals surface area contributed by atoms with Gasteiger partial charge in [0, 0.05) is 11.1 Å². The van der Waals surface area contributed by atoms with Crippen LogP contribution in [0.2, 0.25) is 0 Å². The third-order valence-electron chi connectivity index (χ3n) is 4.52. The van der Waals surface area contributed by atoms with Gasteiger partial charge in [0.1, 0.15) is 24.5 Å². The fourth-order valence-electron chi connectivity index (χ4n) is 2.89. The Morgan fingerprint density at radius 1 is 0.786 bits per heavy atom. The molecule has 3 aromatic carbocycles. The zero-order chi connectivity index (χ0) is 20.1. The summed E-state index contributed by atoms with van der Waals surface area (Å²) in [5.74, 6) is -0.986. The van der Waals surface area contributed by atoms with E-state index in [1.54, 1.807) is 13.8 Å². The van der Waals surface area contributed by atoms with Crippen molar-refractivity contribution in [2.24, 2.45) is 0 Å². The predicted molar refractivity (Wildman–Crippen MR) is 106 cm³/mol. The van der Waals surface area contributed by atoms with Gasteiger partial charge in [-0.05, 0) is 25.0 Å². The first-order valence-corrected chi connectivity index (χ1v) is 8.92. The summed E-state index contributed by atoms with van der Waals surface area (Å²) in [7, 11) is 0. The molecule has 5 nitrogen and oxygen atoms in total. The third-order valence-corrected chi connectivity index (χ3v) is 4.52. The molecule has 144 valence electrons. The van der Waals surface area contributed by atoms with Crippen molar-refractivity contribution in [1.29, 1.82) is 0 Å². The van der Waals surface area contributed by atoms with Crippen LogP contribution in [-0.2, 0) is 18.0 Å². The van der Waals surface area contributed by atoms with Crippen LogP contribution in [0.15, 0.2) is 60.7 Å². The zero-order valence-corrected chi connectivity index (χ0v) is 15.8. The quantitative estimate of drug-likeness (QED) is 0.482. The van der Waals surface area contributed by atoms with Gasteiger partial charge in [0.25, 0.3) is 0 Å². The van der Waals surface area contributed by atoms with Crippen molar-refractivity contribution in [1.82, 2.24) is 0 Å². The molecule has 3 rings (SSSR count). The Labute approximate surface area is 163 Å². The van der Waals surface area contributed by atoms with Crippen molar-refractivity contribution in [3.05, 3.63) is 88.5 Å². The number of rotatable bonds is 6. The van der Waals surface area contributed by atoms with E-state index in [1.807, 2.05) is 60.7 Å². The number of phenols is 2. The molecule has 2 N–H and O–H groups in total. The van der Waals surface area contributed by atoms with Crippen LogP contribution in [0.4, 0.5) is 0 Å². The molecule has 0 heterocycles. The molecule has 0 radical (unpaired) electrons. The highest BCUT2D eigenvalue weighted by molar-refractivity contribution is 5.96. The van der Waals surface area contributed by atoms with Crippen molar-refractivity contribution in [2.45, 2.75) is 27.1 Å². The van der Waals surface area contributed by atoms with Crippen molar-refractivity contribution >= 4 is 5.97 Å². The molecule has 5 heteroatoms. The number of hydrogen-bond acceptors (Lipinski definition) is 5. The van der Waals surface area contributed by atoms with E-state index in [0.29, 0.717) is 0 Å². The lowest BCUT2D eigenvalue weighted by Gasteiger charge is -2.17. The van der Waals surface area contributed by atoms with Gasteiger partial charge in [0.2, 0.25) is 0 Å². The maximum Gasteiger partial charge on any atom is 0.342 e. The van der Waals surface area contributed by atoms with Gasteiger partial charge >= 0.3 is 5.97 Å². The van der Waals surface area contributed by atoms with Gasteiger partial charge < -0.3 is 19.7 Å². The SMILES string of the molecule is Cc1c(O)c(C(=O)OCc2ccccc2)c(C)c(O)c1OCc1ccccc1. The summed E-state index contributed by atoms with van der Waals surface area (Å²) in [6, 6.07) is 18.7. The Bertz CT molecular complexity index is 936. The number of carbonyl (C=O) groups excluding carboxylic acids is 1. The Balaban J connectivity index is 1.82. The normalized spacial score (nSPS) is 10.5. The fraction of sp³-hybridized carbons (Fsp3) is 0.174. The summed E-state index contributed by atoms with van der Waals surface area (Å²) in [5, 5.41) is 21.1. The number of ether oxygens (including phenoxy) is 2. The van der Waals surface area contributed by atoms with Crippen LogP contribution in [0.1, 0.15) is 32.6 Å². The summed E-state index contributed by atoms with van der Waals surface area (Å²) in [6.07, 6.45) is 0. The lowest BCUT2D eigenvalue weighted by Crippen LogP contribution is -2.10. The topological polar surface area (TPSA) is 76.0 Å². The first-order valence-electron chi connectivity index (χ1n) is 8.92. The molecule has 0 aliphatic rings. The van der Waals surface area contributed by atoms with Crippen LogP contribution < -0.4 is 4.74 Å². The lowest BCUT2D eigenvalue weighted by molar-refractivity contribution is 0.0467. The van der Waals surface area contributed by atoms with Crippen LogP contribution in [-0.4, -0.2) is 16.2 Å². The molecule has 0 bridgehead atoms. The number of carbonyl (C=O) groups is 1. The summed E-state index contributed by atoms with van der Waals surface area (Å²) in [4.78, 5) is 12.5. The van der Waals surface area contributed by atoms with Gasteiger partial charge in [0.15, 0.2) is 11.5 Å². The second kappa shape index (κ2) is 8.48. The summed E-state index contributed by atoms with van der Waals surface area (Å²) in [5.41, 5.74) is 2.19. The van der Waals surface area contributed by atoms with Gasteiger partial charge in [-0.25, -0.2) is 4.79 Å². The Hall–Kier alpha value is -3.47. The van der Waals surface area contributed by atoms with Crippen molar-refractivity contribution in [3.63, 3.8) is 0 Å². The van der Waals surface area contributed by atoms with Crippen molar-refractivity contribution in [2.75, 3.05) is 0 Å². The average Bonchev–Trinajstić information content (AvgIpc) is 2.72. The Morgan fingerprint density at radius 3 is 1.89 bits per heavy atom. The van der Waals surface area contributed by atoms with Crippen molar-refractivity contribution in [3.8, 4) is 17.2 Å². The molecular weight excluding hydrogens is 356 g/mol. The van der Waals surface area contributed by atoms with E-state index in [0.717, 1.165) is 11.1 Å². The van der Waals surface area contributed by atoms with E-state index < -0.39 is 5.97 Å². The summed E-state index contributed by atoms with van der Waals surface area (Å²) < 4.78 is 11.0. The molecule has 0 saturated heterocycles. The highest BCUT2D eigenvalue weighted by Gasteiger charge is 2.25. The standard InChI is InChI=1S/C23H22O5/c1-15-19(23(26)28-14-18-11-7-4-8-12-18)20(24)16(2)22(21(15)25)27-13-17-9-5-3-6-10-17/h3-12,24-25H,13-14H2,1-2H3. The second-order valence-corrected chi connectivity index (χ2v) is 6.49. The summed E-state index contributed by atoms with van der Waals surface area (Å²) in [6.45, 7) is 3.43. The summed E-state index contributed by atoms with van der Waals surface area (Å²) >= 11 is 0. The fourth-order valence-corrected chi connectivity index (χ4v) is 2.89. The van der Waals surface area contributed by atoms with Gasteiger partial charge in [-0.3, -0.25) is 0 Å². The predicted octanol–water partition coefficient (Wildman–Crippen LogP) is 4.65. The molecule has 0 aliphatic heterocycles. The minimum Gasteiger partial charge on any atom is -0.507 e. The largest absolute Gasteiger partial charge is 0.507 e. The lowest BCUT2D eigenvalue weighted by atomic mass is 10.0. The number of hydrogen-bond donors (Lipinski definition) is 2. The molecule has 0 aliphatic carbocycles. The molecule has 0 fully saturated rings. The highest BCUT2D eigenvalue weighted by Crippen LogP contribution is 2.43. The van der Waals surface area contributed by atoms with E-state index in [-0.39, 0.29) is 47.2 Å². The minimum atomic E-state index is -0.702. The van der Waals surface area contributed by atoms with E-state index >= 15 is 0 Å². The molecule has 3 aromatic rings. The van der Waals surface area contributed by atoms with Crippen molar-refractivity contribution < 1.29 is 24.5 Å². The highest BCUT2D eigenvalue weighted by atomic mass is 16.5. The van der Waals surface area contributed by atoms with Crippen LogP contribution in [0.5, 0.6) is 17.2 Å². The molecule has 0 atom stereocenters. The minimum absolute atomic E-state index is 0.0574. The molecular formula is C23H22O5. The maximum absolute atomic E-state index is 12.5. The molecule has 0 spiro atoms. The monoisotopic (exact) mass is 378 g/mol. The number of aromatic hydroxyl groups is 2. The molecule has 28 heavy (non-hydrogen) atoms. The smallest absolute Gasteiger partial charge is 0.342 e. The number of benzene rings is 3. The molecule has 0 saturated carbocycles. The molecule has 0 amide bonds. The number of esters is 1. The van der Waals surface area contributed by atoms with E-state index in [4.69, 9.17) is 9.47 Å². The number of phenolic OH excluding ortho intramolecular Hbond substituents is 2. The van der Waals surface area contributed by atoms with Crippen LogP contribution in [0.25, 0.3) is 0 Å². The van der Waals surface area contributed by atoms with Gasteiger partial charge in [-0.1, -0.05) is 60.7 Å². The van der Waals surface area contributed by atoms with Crippen LogP contribution in [0, 0.1) is 13.8 Å². The molecule has 0 unspecified atom stereocenters. The zero-order valence-electron chi connectivity index (χ0n) is 15.8. The first-order chi connectivity index (χ1) is 13.5. The molecule has 0 aromatic heterocycles. The van der Waals surface area contributed by atoms with Gasteiger partial charge in [-0.2, -0.15) is 0 Å². The Kier molecular flexibility index (Phi) is 5.84. The first kappa shape index (κ1) is 19.3. The Morgan fingerprint density at radius 2 is 1.32 bits per heavy atom. The maximum atomic E-state index is 12.5. The van der Waals surface area contributed by atoms with Crippen LogP contribution in [0.3, 0.4) is 0 Å². The average molecular weight is 378 g/mol. The van der Waals surface area contributed by atoms with E-state index in [2.05, 4.69) is 0 Å². The second-order valence-electron chi connectivity index (χ2n) is 6.49.